The number of hydrogen-bond acceptors (Lipinski definition) is 6. The van der Waals surface area contributed by atoms with E-state index in [0.29, 0.717) is 5.78 Å². The molecule has 0 atom stereocenters. The number of esters is 1. The highest BCUT2D eigenvalue weighted by Gasteiger charge is 2.16. The minimum absolute atomic E-state index is 0.0203. The minimum Gasteiger partial charge on any atom is -0.455 e. The van der Waals surface area contributed by atoms with Gasteiger partial charge in [0.05, 0.1) is 0 Å². The van der Waals surface area contributed by atoms with Crippen LogP contribution < -0.4 is 0 Å². The summed E-state index contributed by atoms with van der Waals surface area (Å²) in [7, 11) is 0. The van der Waals surface area contributed by atoms with Gasteiger partial charge in [-0.25, -0.2) is 14.3 Å². The van der Waals surface area contributed by atoms with E-state index in [1.165, 1.54) is 9.41 Å². The highest BCUT2D eigenvalue weighted by molar-refractivity contribution is 7.98. The van der Waals surface area contributed by atoms with Crippen LogP contribution >= 0.6 is 11.8 Å². The lowest BCUT2D eigenvalue weighted by Crippen LogP contribution is -2.07. The van der Waals surface area contributed by atoms with Crippen LogP contribution in [-0.4, -0.2) is 31.8 Å². The second kappa shape index (κ2) is 6.37. The third kappa shape index (κ3) is 3.34. The second-order valence-electron chi connectivity index (χ2n) is 5.11. The van der Waals surface area contributed by atoms with Crippen molar-refractivity contribution >= 4 is 23.5 Å². The van der Waals surface area contributed by atoms with Crippen molar-refractivity contribution in [2.75, 3.05) is 6.26 Å². The third-order valence-corrected chi connectivity index (χ3v) is 4.07. The molecule has 0 unspecified atom stereocenters. The number of hydrogen-bond donors (Lipinski definition) is 0. The van der Waals surface area contributed by atoms with Crippen LogP contribution in [0.4, 0.5) is 0 Å². The Kier molecular flexibility index (Phi) is 4.29. The molecular weight excluding hydrogens is 312 g/mol. The monoisotopic (exact) mass is 328 g/mol. The molecule has 1 aromatic carbocycles. The van der Waals surface area contributed by atoms with Gasteiger partial charge in [-0.1, -0.05) is 12.1 Å². The lowest BCUT2D eigenvalue weighted by atomic mass is 10.2. The first kappa shape index (κ1) is 15.5. The maximum absolute atomic E-state index is 12.1. The van der Waals surface area contributed by atoms with Gasteiger partial charge in [0.1, 0.15) is 6.61 Å². The molecule has 0 fully saturated rings. The van der Waals surface area contributed by atoms with Crippen molar-refractivity contribution in [3.05, 3.63) is 53.1 Å². The van der Waals surface area contributed by atoms with E-state index in [0.717, 1.165) is 17.0 Å². The van der Waals surface area contributed by atoms with E-state index in [9.17, 15) is 4.79 Å². The number of fused-ring (bicyclic) bond motifs is 1. The SMILES string of the molecule is CSc1ccc(COC(=O)c2nc3nc(C)cc(C)n3n2)cc1. The summed E-state index contributed by atoms with van der Waals surface area (Å²) >= 11 is 1.67. The molecule has 6 nitrogen and oxygen atoms in total. The summed E-state index contributed by atoms with van der Waals surface area (Å²) in [5.41, 5.74) is 2.62. The van der Waals surface area contributed by atoms with Crippen LogP contribution in [0.5, 0.6) is 0 Å². The Morgan fingerprint density at radius 3 is 2.65 bits per heavy atom. The average molecular weight is 328 g/mol. The molecule has 0 spiro atoms. The van der Waals surface area contributed by atoms with Gasteiger partial charge in [-0.3, -0.25) is 0 Å². The summed E-state index contributed by atoms with van der Waals surface area (Å²) in [6.45, 7) is 3.95. The molecular formula is C16H16N4O2S. The summed E-state index contributed by atoms with van der Waals surface area (Å²) in [6, 6.07) is 9.74. The fourth-order valence-corrected chi connectivity index (χ4v) is 2.60. The maximum atomic E-state index is 12.1. The van der Waals surface area contributed by atoms with Crippen LogP contribution in [0.2, 0.25) is 0 Å². The van der Waals surface area contributed by atoms with E-state index in [-0.39, 0.29) is 12.4 Å². The standard InChI is InChI=1S/C16H16N4O2S/c1-10-8-11(2)20-16(17-10)18-14(19-20)15(21)22-9-12-4-6-13(23-3)7-5-12/h4-8H,9H2,1-3H3. The number of aromatic nitrogens is 4. The Morgan fingerprint density at radius 1 is 1.22 bits per heavy atom. The molecule has 0 aliphatic rings. The van der Waals surface area contributed by atoms with Gasteiger partial charge in [-0.15, -0.1) is 16.9 Å². The van der Waals surface area contributed by atoms with Gasteiger partial charge in [-0.2, -0.15) is 4.98 Å². The molecule has 0 bridgehead atoms. The van der Waals surface area contributed by atoms with Crippen molar-refractivity contribution < 1.29 is 9.53 Å². The number of rotatable bonds is 4. The molecule has 2 aromatic heterocycles. The van der Waals surface area contributed by atoms with Gasteiger partial charge in [0.15, 0.2) is 0 Å². The van der Waals surface area contributed by atoms with Crippen molar-refractivity contribution in [2.24, 2.45) is 0 Å². The number of benzene rings is 1. The summed E-state index contributed by atoms with van der Waals surface area (Å²) in [6.07, 6.45) is 2.02. The zero-order chi connectivity index (χ0) is 16.4. The van der Waals surface area contributed by atoms with Crippen molar-refractivity contribution in [2.45, 2.75) is 25.3 Å². The van der Waals surface area contributed by atoms with E-state index in [1.807, 2.05) is 50.4 Å². The van der Waals surface area contributed by atoms with Crippen molar-refractivity contribution in [1.29, 1.82) is 0 Å². The van der Waals surface area contributed by atoms with Crippen LogP contribution in [0.3, 0.4) is 0 Å². The molecule has 0 N–H and O–H groups in total. The Balaban J connectivity index is 1.74. The van der Waals surface area contributed by atoms with Crippen molar-refractivity contribution in [3.63, 3.8) is 0 Å². The number of thioether (sulfide) groups is 1. The highest BCUT2D eigenvalue weighted by atomic mass is 32.2. The summed E-state index contributed by atoms with van der Waals surface area (Å²) in [5.74, 6) is -0.132. The smallest absolute Gasteiger partial charge is 0.378 e. The van der Waals surface area contributed by atoms with Crippen LogP contribution in [0.1, 0.15) is 27.6 Å². The predicted octanol–water partition coefficient (Wildman–Crippen LogP) is 2.82. The van der Waals surface area contributed by atoms with Crippen molar-refractivity contribution in [3.8, 4) is 0 Å². The molecule has 118 valence electrons. The summed E-state index contributed by atoms with van der Waals surface area (Å²) < 4.78 is 6.81. The molecule has 0 saturated carbocycles. The fraction of sp³-hybridized carbons (Fsp3) is 0.250. The number of carbonyl (C=O) groups excluding carboxylic acids is 1. The number of carbonyl (C=O) groups is 1. The van der Waals surface area contributed by atoms with Gasteiger partial charge in [0.2, 0.25) is 0 Å². The van der Waals surface area contributed by atoms with Gasteiger partial charge in [0, 0.05) is 16.3 Å². The zero-order valence-corrected chi connectivity index (χ0v) is 13.9. The van der Waals surface area contributed by atoms with E-state index in [2.05, 4.69) is 15.1 Å². The number of nitrogens with zero attached hydrogens (tertiary/aromatic N) is 4. The van der Waals surface area contributed by atoms with E-state index >= 15 is 0 Å². The summed E-state index contributed by atoms with van der Waals surface area (Å²) in [5, 5.41) is 4.16. The quantitative estimate of drug-likeness (QED) is 0.542. The van der Waals surface area contributed by atoms with Crippen LogP contribution in [0.15, 0.2) is 35.2 Å². The zero-order valence-electron chi connectivity index (χ0n) is 13.1. The fourth-order valence-electron chi connectivity index (χ4n) is 2.19. The minimum atomic E-state index is -0.554. The molecule has 7 heteroatoms. The van der Waals surface area contributed by atoms with Gasteiger partial charge in [0.25, 0.3) is 11.6 Å². The van der Waals surface area contributed by atoms with Crippen LogP contribution in [0, 0.1) is 13.8 Å². The molecule has 3 rings (SSSR count). The first-order valence-electron chi connectivity index (χ1n) is 7.08. The molecule has 0 saturated heterocycles. The van der Waals surface area contributed by atoms with E-state index in [4.69, 9.17) is 4.74 Å². The topological polar surface area (TPSA) is 69.4 Å². The number of aryl methyl sites for hydroxylation is 2. The Bertz CT molecular complexity index is 858. The predicted molar refractivity (Wildman–Crippen MR) is 87.6 cm³/mol. The molecule has 0 aliphatic carbocycles. The Labute approximate surface area is 137 Å². The van der Waals surface area contributed by atoms with Crippen LogP contribution in [-0.2, 0) is 11.3 Å². The highest BCUT2D eigenvalue weighted by Crippen LogP contribution is 2.15. The Morgan fingerprint density at radius 2 is 1.96 bits per heavy atom. The molecule has 3 aromatic rings. The van der Waals surface area contributed by atoms with Gasteiger partial charge < -0.3 is 4.74 Å². The molecule has 0 radical (unpaired) electrons. The molecule has 2 heterocycles. The lowest BCUT2D eigenvalue weighted by Gasteiger charge is -2.03. The summed E-state index contributed by atoms with van der Waals surface area (Å²) in [4.78, 5) is 21.7. The second-order valence-corrected chi connectivity index (χ2v) is 5.99. The maximum Gasteiger partial charge on any atom is 0.378 e. The molecule has 0 aliphatic heterocycles. The largest absolute Gasteiger partial charge is 0.455 e. The van der Waals surface area contributed by atoms with Crippen LogP contribution in [0.25, 0.3) is 5.78 Å². The normalized spacial score (nSPS) is 10.9. The van der Waals surface area contributed by atoms with Gasteiger partial charge in [-0.05, 0) is 43.9 Å². The van der Waals surface area contributed by atoms with E-state index < -0.39 is 5.97 Å². The third-order valence-electron chi connectivity index (χ3n) is 3.33. The molecule has 23 heavy (non-hydrogen) atoms. The van der Waals surface area contributed by atoms with Gasteiger partial charge >= 0.3 is 5.97 Å². The Hall–Kier alpha value is -2.41. The lowest BCUT2D eigenvalue weighted by molar-refractivity contribution is 0.0458. The average Bonchev–Trinajstić information content (AvgIpc) is 2.97. The first-order valence-corrected chi connectivity index (χ1v) is 8.30. The van der Waals surface area contributed by atoms with E-state index in [1.54, 1.807) is 11.8 Å². The first-order chi connectivity index (χ1) is 11.1. The molecule has 0 amide bonds. The van der Waals surface area contributed by atoms with Crippen molar-refractivity contribution in [1.82, 2.24) is 19.6 Å². The number of ether oxygens (including phenoxy) is 1.